The van der Waals surface area contributed by atoms with Crippen molar-refractivity contribution in [2.45, 2.75) is 40.2 Å². The van der Waals surface area contributed by atoms with Crippen LogP contribution in [0.5, 0.6) is 0 Å². The number of hydrogen-bond donors (Lipinski definition) is 1. The SMILES string of the molecule is CC(C)CN(CCC(=O)NC(C)C)c1nc(-c2ccc(F)cc2)nc2cc(Cl)ccc12. The van der Waals surface area contributed by atoms with Crippen LogP contribution >= 0.6 is 11.6 Å². The average Bonchev–Trinajstić information content (AvgIpc) is 2.70. The maximum Gasteiger partial charge on any atom is 0.221 e. The van der Waals surface area contributed by atoms with Crippen molar-refractivity contribution in [2.24, 2.45) is 5.92 Å². The highest BCUT2D eigenvalue weighted by atomic mass is 35.5. The number of carbonyl (C=O) groups is 1. The fourth-order valence-electron chi connectivity index (χ4n) is 3.41. The molecule has 0 radical (unpaired) electrons. The lowest BCUT2D eigenvalue weighted by Gasteiger charge is -2.27. The molecule has 3 aromatic rings. The van der Waals surface area contributed by atoms with E-state index in [0.717, 1.165) is 17.7 Å². The summed E-state index contributed by atoms with van der Waals surface area (Å²) in [5.74, 6) is 1.28. The zero-order valence-electron chi connectivity index (χ0n) is 18.3. The Morgan fingerprint density at radius 1 is 1.10 bits per heavy atom. The predicted octanol–water partition coefficient (Wildman–Crippen LogP) is 5.47. The van der Waals surface area contributed by atoms with Crippen LogP contribution in [0.3, 0.4) is 0 Å². The maximum atomic E-state index is 13.4. The number of halogens is 2. The number of fused-ring (bicyclic) bond motifs is 1. The monoisotopic (exact) mass is 442 g/mol. The van der Waals surface area contributed by atoms with Gasteiger partial charge in [0.1, 0.15) is 11.6 Å². The molecule has 0 saturated carbocycles. The Balaban J connectivity index is 2.06. The highest BCUT2D eigenvalue weighted by Crippen LogP contribution is 2.30. The minimum absolute atomic E-state index is 0.00363. The second-order valence-corrected chi connectivity index (χ2v) is 8.79. The summed E-state index contributed by atoms with van der Waals surface area (Å²) in [6.45, 7) is 9.40. The van der Waals surface area contributed by atoms with Gasteiger partial charge in [0.25, 0.3) is 0 Å². The zero-order chi connectivity index (χ0) is 22.5. The van der Waals surface area contributed by atoms with Gasteiger partial charge in [0.05, 0.1) is 5.52 Å². The number of aromatic nitrogens is 2. The molecule has 31 heavy (non-hydrogen) atoms. The van der Waals surface area contributed by atoms with Crippen LogP contribution in [-0.4, -0.2) is 35.0 Å². The summed E-state index contributed by atoms with van der Waals surface area (Å²) in [6.07, 6.45) is 0.357. The fraction of sp³-hybridized carbons (Fsp3) is 0.375. The molecule has 2 aromatic carbocycles. The Morgan fingerprint density at radius 2 is 1.81 bits per heavy atom. The Kier molecular flexibility index (Phi) is 7.44. The summed E-state index contributed by atoms with van der Waals surface area (Å²) in [4.78, 5) is 23.9. The molecule has 0 unspecified atom stereocenters. The standard InChI is InChI=1S/C24H28ClFN4O/c1-15(2)14-30(12-11-22(31)27-16(3)4)24-20-10-7-18(25)13-21(20)28-23(29-24)17-5-8-19(26)9-6-17/h5-10,13,15-16H,11-12,14H2,1-4H3,(H,27,31). The van der Waals surface area contributed by atoms with Crippen molar-refractivity contribution >= 4 is 34.2 Å². The fourth-order valence-corrected chi connectivity index (χ4v) is 3.58. The van der Waals surface area contributed by atoms with E-state index >= 15 is 0 Å². The predicted molar refractivity (Wildman–Crippen MR) is 125 cm³/mol. The van der Waals surface area contributed by atoms with Crippen LogP contribution in [0.15, 0.2) is 42.5 Å². The second-order valence-electron chi connectivity index (χ2n) is 8.35. The normalized spacial score (nSPS) is 11.4. The van der Waals surface area contributed by atoms with Crippen LogP contribution in [-0.2, 0) is 4.79 Å². The van der Waals surface area contributed by atoms with Crippen LogP contribution in [0, 0.1) is 11.7 Å². The van der Waals surface area contributed by atoms with Crippen LogP contribution in [0.4, 0.5) is 10.2 Å². The molecule has 0 spiro atoms. The molecule has 5 nitrogen and oxygen atoms in total. The van der Waals surface area contributed by atoms with Gasteiger partial charge in [0, 0.05) is 41.5 Å². The van der Waals surface area contributed by atoms with Crippen molar-refractivity contribution in [3.05, 3.63) is 53.3 Å². The molecule has 1 heterocycles. The Hall–Kier alpha value is -2.73. The van der Waals surface area contributed by atoms with Crippen molar-refractivity contribution in [1.82, 2.24) is 15.3 Å². The number of benzene rings is 2. The van der Waals surface area contributed by atoms with Crippen molar-refractivity contribution in [1.29, 1.82) is 0 Å². The first-order valence-corrected chi connectivity index (χ1v) is 10.9. The van der Waals surface area contributed by atoms with Crippen LogP contribution < -0.4 is 10.2 Å². The highest BCUT2D eigenvalue weighted by Gasteiger charge is 2.18. The number of amides is 1. The second kappa shape index (κ2) is 10.1. The summed E-state index contributed by atoms with van der Waals surface area (Å²) in [5.41, 5.74) is 1.42. The lowest BCUT2D eigenvalue weighted by atomic mass is 10.1. The van der Waals surface area contributed by atoms with Crippen LogP contribution in [0.25, 0.3) is 22.3 Å². The van der Waals surface area contributed by atoms with Crippen molar-refractivity contribution in [3.63, 3.8) is 0 Å². The van der Waals surface area contributed by atoms with Gasteiger partial charge in [-0.1, -0.05) is 25.4 Å². The minimum Gasteiger partial charge on any atom is -0.355 e. The summed E-state index contributed by atoms with van der Waals surface area (Å²) in [5, 5.41) is 4.38. The molecule has 0 atom stereocenters. The Morgan fingerprint density at radius 3 is 2.45 bits per heavy atom. The van der Waals surface area contributed by atoms with Crippen LogP contribution in [0.1, 0.15) is 34.1 Å². The van der Waals surface area contributed by atoms with Gasteiger partial charge >= 0.3 is 0 Å². The molecule has 0 fully saturated rings. The maximum absolute atomic E-state index is 13.4. The summed E-state index contributed by atoms with van der Waals surface area (Å²) in [6, 6.07) is 11.7. The van der Waals surface area contributed by atoms with Gasteiger partial charge in [-0.05, 0) is 62.2 Å². The molecule has 0 aliphatic heterocycles. The first-order valence-electron chi connectivity index (χ1n) is 10.5. The minimum atomic E-state index is -0.314. The largest absolute Gasteiger partial charge is 0.355 e. The van der Waals surface area contributed by atoms with Gasteiger partial charge in [-0.15, -0.1) is 0 Å². The van der Waals surface area contributed by atoms with Gasteiger partial charge in [-0.2, -0.15) is 0 Å². The first-order chi connectivity index (χ1) is 14.7. The molecular weight excluding hydrogens is 415 g/mol. The number of carbonyl (C=O) groups excluding carboxylic acids is 1. The highest BCUT2D eigenvalue weighted by molar-refractivity contribution is 6.31. The molecule has 164 valence electrons. The van der Waals surface area contributed by atoms with E-state index < -0.39 is 0 Å². The summed E-state index contributed by atoms with van der Waals surface area (Å²) in [7, 11) is 0. The van der Waals surface area contributed by atoms with Gasteiger partial charge < -0.3 is 10.2 Å². The van der Waals surface area contributed by atoms with E-state index in [9.17, 15) is 9.18 Å². The van der Waals surface area contributed by atoms with E-state index in [1.54, 1.807) is 18.2 Å². The molecule has 1 amide bonds. The van der Waals surface area contributed by atoms with E-state index in [-0.39, 0.29) is 17.8 Å². The molecule has 0 bridgehead atoms. The summed E-state index contributed by atoms with van der Waals surface area (Å²) >= 11 is 6.23. The van der Waals surface area contributed by atoms with Crippen LogP contribution in [0.2, 0.25) is 5.02 Å². The quantitative estimate of drug-likeness (QED) is 0.502. The smallest absolute Gasteiger partial charge is 0.221 e. The van der Waals surface area contributed by atoms with Gasteiger partial charge in [-0.25, -0.2) is 14.4 Å². The lowest BCUT2D eigenvalue weighted by Crippen LogP contribution is -2.36. The Bertz CT molecular complexity index is 1050. The van der Waals surface area contributed by atoms with E-state index in [1.807, 2.05) is 26.0 Å². The number of nitrogens with one attached hydrogen (secondary N) is 1. The molecule has 0 aliphatic rings. The molecule has 0 saturated heterocycles. The lowest BCUT2D eigenvalue weighted by molar-refractivity contribution is -0.121. The van der Waals surface area contributed by atoms with E-state index in [4.69, 9.17) is 16.6 Å². The molecular formula is C24H28ClFN4O. The van der Waals surface area contributed by atoms with Gasteiger partial charge in [0.15, 0.2) is 5.82 Å². The molecule has 1 N–H and O–H groups in total. The number of anilines is 1. The number of rotatable bonds is 8. The molecule has 7 heteroatoms. The van der Waals surface area contributed by atoms with E-state index in [1.165, 1.54) is 12.1 Å². The van der Waals surface area contributed by atoms with E-state index in [2.05, 4.69) is 29.0 Å². The molecule has 1 aromatic heterocycles. The zero-order valence-corrected chi connectivity index (χ0v) is 19.1. The van der Waals surface area contributed by atoms with Crippen molar-refractivity contribution < 1.29 is 9.18 Å². The van der Waals surface area contributed by atoms with Gasteiger partial charge in [-0.3, -0.25) is 4.79 Å². The number of hydrogen-bond acceptors (Lipinski definition) is 4. The first kappa shape index (κ1) is 22.9. The average molecular weight is 443 g/mol. The Labute approximate surface area is 187 Å². The number of nitrogens with zero attached hydrogens (tertiary/aromatic N) is 3. The molecule has 0 aliphatic carbocycles. The third-order valence-corrected chi connectivity index (χ3v) is 4.92. The third-order valence-electron chi connectivity index (χ3n) is 4.68. The van der Waals surface area contributed by atoms with Crippen molar-refractivity contribution in [2.75, 3.05) is 18.0 Å². The van der Waals surface area contributed by atoms with Crippen molar-refractivity contribution in [3.8, 4) is 11.4 Å². The summed E-state index contributed by atoms with van der Waals surface area (Å²) < 4.78 is 13.4. The van der Waals surface area contributed by atoms with E-state index in [0.29, 0.717) is 40.8 Å². The van der Waals surface area contributed by atoms with Gasteiger partial charge in [0.2, 0.25) is 5.91 Å². The molecule has 3 rings (SSSR count). The topological polar surface area (TPSA) is 58.1 Å². The third kappa shape index (κ3) is 6.14.